The van der Waals surface area contributed by atoms with Gasteiger partial charge in [-0.1, -0.05) is 23.2 Å². The Morgan fingerprint density at radius 1 is 1.18 bits per heavy atom. The normalized spacial score (nSPS) is 22.3. The van der Waals surface area contributed by atoms with Gasteiger partial charge in [-0.05, 0) is 18.6 Å². The fraction of sp³-hybridized carbons (Fsp3) is 0.565. The number of aryl methyl sites for hydroxylation is 1. The average molecular weight is 474 g/mol. The SMILES string of the molecule is Cc1ccccc1OCC(O)CN1C(=[N+]2CCN(CCO)CC2)N=C2C1C(=O)N(C)C(=O)N2C. The van der Waals surface area contributed by atoms with Crippen LogP contribution in [0.4, 0.5) is 4.79 Å². The average Bonchev–Trinajstić information content (AvgIpc) is 3.20. The fourth-order valence-corrected chi connectivity index (χ4v) is 4.52. The van der Waals surface area contributed by atoms with Gasteiger partial charge in [0.25, 0.3) is 5.91 Å². The van der Waals surface area contributed by atoms with E-state index in [0.717, 1.165) is 23.6 Å². The van der Waals surface area contributed by atoms with E-state index in [9.17, 15) is 19.8 Å². The van der Waals surface area contributed by atoms with Crippen LogP contribution < -0.4 is 4.74 Å². The van der Waals surface area contributed by atoms with Crippen molar-refractivity contribution in [3.8, 4) is 5.75 Å². The van der Waals surface area contributed by atoms with Gasteiger partial charge < -0.3 is 14.9 Å². The van der Waals surface area contributed by atoms with Gasteiger partial charge in [0, 0.05) is 33.7 Å². The maximum absolute atomic E-state index is 13.1. The topological polar surface area (TPSA) is 112 Å². The van der Waals surface area contributed by atoms with Crippen molar-refractivity contribution in [3.05, 3.63) is 29.8 Å². The molecule has 11 nitrogen and oxygen atoms in total. The number of imide groups is 1. The van der Waals surface area contributed by atoms with Gasteiger partial charge in [-0.2, -0.15) is 0 Å². The molecular weight excluding hydrogens is 440 g/mol. The molecule has 2 fully saturated rings. The number of carbonyl (C=O) groups excluding carboxylic acids is 2. The maximum atomic E-state index is 13.1. The zero-order valence-corrected chi connectivity index (χ0v) is 19.9. The molecule has 2 unspecified atom stereocenters. The molecule has 0 saturated carbocycles. The summed E-state index contributed by atoms with van der Waals surface area (Å²) in [6.07, 6.45) is -0.888. The number of fused-ring (bicyclic) bond motifs is 1. The first kappa shape index (κ1) is 24.1. The third-order valence-corrected chi connectivity index (χ3v) is 6.51. The minimum absolute atomic E-state index is 0.0553. The van der Waals surface area contributed by atoms with Crippen LogP contribution in [0.2, 0.25) is 0 Å². The number of rotatable bonds is 7. The third kappa shape index (κ3) is 4.63. The predicted octanol–water partition coefficient (Wildman–Crippen LogP) is -0.982. The number of aliphatic imine (C=N–C) groups is 1. The van der Waals surface area contributed by atoms with Crippen molar-refractivity contribution in [1.29, 1.82) is 0 Å². The maximum Gasteiger partial charge on any atom is 0.392 e. The molecule has 34 heavy (non-hydrogen) atoms. The number of guanidine groups is 1. The summed E-state index contributed by atoms with van der Waals surface area (Å²) in [6, 6.07) is 6.37. The molecule has 0 aromatic heterocycles. The number of para-hydroxylation sites is 1. The van der Waals surface area contributed by atoms with Crippen LogP contribution in [0.5, 0.6) is 5.75 Å². The monoisotopic (exact) mass is 473 g/mol. The van der Waals surface area contributed by atoms with Gasteiger partial charge in [0.2, 0.25) is 11.9 Å². The molecule has 3 heterocycles. The Balaban J connectivity index is 1.57. The molecule has 2 saturated heterocycles. The second-order valence-electron chi connectivity index (χ2n) is 8.85. The highest BCUT2D eigenvalue weighted by atomic mass is 16.5. The highest BCUT2D eigenvalue weighted by molar-refractivity contribution is 6.25. The molecule has 184 valence electrons. The molecule has 0 bridgehead atoms. The van der Waals surface area contributed by atoms with Crippen molar-refractivity contribution in [2.24, 2.45) is 4.99 Å². The van der Waals surface area contributed by atoms with Crippen LogP contribution >= 0.6 is 0 Å². The molecule has 0 aliphatic carbocycles. The van der Waals surface area contributed by atoms with Crippen molar-refractivity contribution in [2.45, 2.75) is 19.1 Å². The molecule has 0 radical (unpaired) electrons. The first-order valence-electron chi connectivity index (χ1n) is 11.5. The number of ether oxygens (including phenoxy) is 1. The van der Waals surface area contributed by atoms with E-state index in [1.165, 1.54) is 11.9 Å². The Labute approximate surface area is 199 Å². The highest BCUT2D eigenvalue weighted by Gasteiger charge is 2.55. The van der Waals surface area contributed by atoms with E-state index >= 15 is 0 Å². The number of likely N-dealkylation sites (N-methyl/N-ethyl adjacent to an activating group) is 2. The molecular formula is C23H33N6O5+. The Morgan fingerprint density at radius 2 is 1.88 bits per heavy atom. The van der Waals surface area contributed by atoms with Gasteiger partial charge in [0.1, 0.15) is 18.5 Å². The smallest absolute Gasteiger partial charge is 0.392 e. The van der Waals surface area contributed by atoms with E-state index in [1.807, 2.05) is 31.2 Å². The minimum Gasteiger partial charge on any atom is -0.490 e. The zero-order valence-electron chi connectivity index (χ0n) is 19.9. The summed E-state index contributed by atoms with van der Waals surface area (Å²) in [7, 11) is 3.06. The number of amides is 3. The molecule has 3 aliphatic rings. The molecule has 3 aliphatic heterocycles. The number of carbonyl (C=O) groups is 2. The van der Waals surface area contributed by atoms with Gasteiger partial charge in [-0.3, -0.25) is 24.1 Å². The van der Waals surface area contributed by atoms with Crippen molar-refractivity contribution in [3.63, 3.8) is 0 Å². The number of hydrogen-bond acceptors (Lipinski definition) is 6. The number of aliphatic hydroxyl groups is 2. The number of aliphatic hydroxyl groups excluding tert-OH is 2. The minimum atomic E-state index is -0.888. The van der Waals surface area contributed by atoms with Gasteiger partial charge in [0.05, 0.1) is 26.2 Å². The first-order valence-corrected chi connectivity index (χ1v) is 11.5. The van der Waals surface area contributed by atoms with Crippen LogP contribution in [-0.4, -0.2) is 137 Å². The lowest BCUT2D eigenvalue weighted by atomic mass is 10.1. The Kier molecular flexibility index (Phi) is 7.15. The molecule has 3 amide bonds. The van der Waals surface area contributed by atoms with E-state index in [2.05, 4.69) is 9.48 Å². The van der Waals surface area contributed by atoms with Crippen LogP contribution in [0, 0.1) is 6.92 Å². The van der Waals surface area contributed by atoms with Crippen molar-refractivity contribution in [1.82, 2.24) is 19.6 Å². The summed E-state index contributed by atoms with van der Waals surface area (Å²) in [4.78, 5) is 36.8. The van der Waals surface area contributed by atoms with Crippen LogP contribution in [-0.2, 0) is 4.79 Å². The number of β-amino-alcohol motifs (C(OH)–C–C–N with tert-alkyl or cyclic N) is 2. The second kappa shape index (κ2) is 10.1. The van der Waals surface area contributed by atoms with Crippen LogP contribution in [0.1, 0.15) is 5.56 Å². The summed E-state index contributed by atoms with van der Waals surface area (Å²) in [5.41, 5.74) is 0.971. The quantitative estimate of drug-likeness (QED) is 0.490. The van der Waals surface area contributed by atoms with Crippen LogP contribution in [0.25, 0.3) is 0 Å². The molecule has 1 aromatic carbocycles. The van der Waals surface area contributed by atoms with E-state index in [1.54, 1.807) is 11.9 Å². The number of urea groups is 1. The zero-order chi connectivity index (χ0) is 24.4. The lowest BCUT2D eigenvalue weighted by Gasteiger charge is -2.34. The van der Waals surface area contributed by atoms with Gasteiger partial charge in [-0.15, -0.1) is 0 Å². The Morgan fingerprint density at radius 3 is 2.56 bits per heavy atom. The predicted molar refractivity (Wildman–Crippen MR) is 125 cm³/mol. The van der Waals surface area contributed by atoms with E-state index in [0.29, 0.717) is 37.2 Å². The Hall–Kier alpha value is -3.02. The van der Waals surface area contributed by atoms with Crippen molar-refractivity contribution < 1.29 is 29.1 Å². The number of nitrogens with zero attached hydrogens (tertiary/aromatic N) is 6. The van der Waals surface area contributed by atoms with Crippen LogP contribution in [0.15, 0.2) is 29.3 Å². The van der Waals surface area contributed by atoms with Gasteiger partial charge in [0.15, 0.2) is 0 Å². The van der Waals surface area contributed by atoms with Crippen molar-refractivity contribution in [2.75, 3.05) is 66.6 Å². The number of piperazine rings is 1. The number of hydrogen-bond donors (Lipinski definition) is 2. The summed E-state index contributed by atoms with van der Waals surface area (Å²) in [5.74, 6) is 1.26. The molecule has 2 N–H and O–H groups in total. The molecule has 0 spiro atoms. The lowest BCUT2D eigenvalue weighted by molar-refractivity contribution is -0.545. The van der Waals surface area contributed by atoms with E-state index in [-0.39, 0.29) is 25.7 Å². The summed E-state index contributed by atoms with van der Waals surface area (Å²) >= 11 is 0. The second-order valence-corrected chi connectivity index (χ2v) is 8.85. The van der Waals surface area contributed by atoms with E-state index < -0.39 is 18.2 Å². The Bertz CT molecular complexity index is 1000. The van der Waals surface area contributed by atoms with Crippen LogP contribution in [0.3, 0.4) is 0 Å². The van der Waals surface area contributed by atoms with Gasteiger partial charge in [-0.25, -0.2) is 9.69 Å². The molecule has 11 heteroatoms. The third-order valence-electron chi connectivity index (χ3n) is 6.51. The number of benzene rings is 1. The summed E-state index contributed by atoms with van der Waals surface area (Å²) in [5, 5.41) is 20.1. The highest BCUT2D eigenvalue weighted by Crippen LogP contribution is 2.24. The lowest BCUT2D eigenvalue weighted by Crippen LogP contribution is -2.63. The molecule has 4 rings (SSSR count). The molecule has 1 aromatic rings. The van der Waals surface area contributed by atoms with Gasteiger partial charge >= 0.3 is 12.0 Å². The number of amidine groups is 1. The largest absolute Gasteiger partial charge is 0.490 e. The van der Waals surface area contributed by atoms with E-state index in [4.69, 9.17) is 9.73 Å². The standard InChI is InChI=1S/C23H33N6O5/c1-16-6-4-5-7-18(16)34-15-17(31)14-29-19-20(25(2)23(33)26(3)21(19)32)24-22(29)28-10-8-27(9-11-28)12-13-30/h4-7,17,19,30-31H,8-15H2,1-3H3/q+1. The first-order chi connectivity index (χ1) is 16.3. The summed E-state index contributed by atoms with van der Waals surface area (Å²) in [6.45, 7) is 5.64. The fourth-order valence-electron chi connectivity index (χ4n) is 4.52. The molecule has 2 atom stereocenters. The van der Waals surface area contributed by atoms with Crippen molar-refractivity contribution >= 4 is 23.7 Å². The summed E-state index contributed by atoms with van der Waals surface area (Å²) < 4.78 is 7.89.